The van der Waals surface area contributed by atoms with Crippen LogP contribution in [0, 0.1) is 6.92 Å². The van der Waals surface area contributed by atoms with Crippen molar-refractivity contribution < 1.29 is 4.99 Å². The summed E-state index contributed by atoms with van der Waals surface area (Å²) in [5, 5.41) is 6.53. The van der Waals surface area contributed by atoms with Gasteiger partial charge in [-0.15, -0.1) is 0 Å². The van der Waals surface area contributed by atoms with E-state index in [1.54, 1.807) is 11.3 Å². The van der Waals surface area contributed by atoms with E-state index >= 15 is 0 Å². The Hall–Kier alpha value is -1.68. The average molecular weight is 286 g/mol. The molecular formula is C16H20N3S+. The SMILES string of the molecule is Cc1ccc(-c2csc(NC3=[NH+]CCCCC3)n2)cc1. The molecule has 0 saturated heterocycles. The number of amidine groups is 1. The molecule has 1 aromatic carbocycles. The molecule has 0 saturated carbocycles. The Morgan fingerprint density at radius 3 is 2.85 bits per heavy atom. The summed E-state index contributed by atoms with van der Waals surface area (Å²) in [6, 6.07) is 8.52. The molecule has 104 valence electrons. The van der Waals surface area contributed by atoms with Gasteiger partial charge in [-0.2, -0.15) is 4.98 Å². The number of thiazole rings is 1. The Bertz CT molecular complexity index is 598. The first-order valence-electron chi connectivity index (χ1n) is 7.20. The van der Waals surface area contributed by atoms with Gasteiger partial charge >= 0.3 is 0 Å². The monoisotopic (exact) mass is 286 g/mol. The predicted octanol–water partition coefficient (Wildman–Crippen LogP) is 2.58. The second-order valence-corrected chi connectivity index (χ2v) is 6.10. The third kappa shape index (κ3) is 3.25. The van der Waals surface area contributed by atoms with Crippen LogP contribution in [0.4, 0.5) is 5.13 Å². The maximum absolute atomic E-state index is 4.68. The lowest BCUT2D eigenvalue weighted by Crippen LogP contribution is -2.74. The summed E-state index contributed by atoms with van der Waals surface area (Å²) in [4.78, 5) is 8.14. The lowest BCUT2D eigenvalue weighted by molar-refractivity contribution is -0.457. The summed E-state index contributed by atoms with van der Waals surface area (Å²) in [5.41, 5.74) is 3.51. The van der Waals surface area contributed by atoms with Crippen LogP contribution in [0.1, 0.15) is 31.2 Å². The van der Waals surface area contributed by atoms with Crippen molar-refractivity contribution in [2.75, 3.05) is 11.9 Å². The first kappa shape index (κ1) is 13.3. The summed E-state index contributed by atoms with van der Waals surface area (Å²) in [6.45, 7) is 3.17. The van der Waals surface area contributed by atoms with Crippen LogP contribution in [0.2, 0.25) is 0 Å². The predicted molar refractivity (Wildman–Crippen MR) is 85.2 cm³/mol. The van der Waals surface area contributed by atoms with Crippen molar-refractivity contribution in [1.29, 1.82) is 0 Å². The molecule has 0 spiro atoms. The highest BCUT2D eigenvalue weighted by molar-refractivity contribution is 7.14. The minimum atomic E-state index is 0.977. The van der Waals surface area contributed by atoms with Crippen molar-refractivity contribution in [2.24, 2.45) is 0 Å². The van der Waals surface area contributed by atoms with Gasteiger partial charge in [0.25, 0.3) is 5.13 Å². The third-order valence-electron chi connectivity index (χ3n) is 3.55. The van der Waals surface area contributed by atoms with Gasteiger partial charge in [-0.1, -0.05) is 41.2 Å². The number of nitrogens with zero attached hydrogens (tertiary/aromatic N) is 1. The highest BCUT2D eigenvalue weighted by Crippen LogP contribution is 2.25. The van der Waals surface area contributed by atoms with E-state index < -0.39 is 0 Å². The molecule has 2 heterocycles. The zero-order chi connectivity index (χ0) is 13.8. The first-order chi connectivity index (χ1) is 9.81. The Morgan fingerprint density at radius 2 is 2.00 bits per heavy atom. The van der Waals surface area contributed by atoms with Gasteiger partial charge in [-0.25, -0.2) is 5.32 Å². The normalized spacial score (nSPS) is 15.6. The quantitative estimate of drug-likeness (QED) is 0.890. The van der Waals surface area contributed by atoms with Crippen molar-refractivity contribution in [1.82, 2.24) is 4.98 Å². The van der Waals surface area contributed by atoms with E-state index in [0.717, 1.165) is 23.8 Å². The maximum atomic E-state index is 4.68. The molecule has 4 heteroatoms. The van der Waals surface area contributed by atoms with Crippen LogP contribution >= 0.6 is 11.3 Å². The number of rotatable bonds is 2. The van der Waals surface area contributed by atoms with E-state index in [0.29, 0.717) is 0 Å². The summed E-state index contributed by atoms with van der Waals surface area (Å²) in [7, 11) is 0. The van der Waals surface area contributed by atoms with E-state index in [9.17, 15) is 0 Å². The maximum Gasteiger partial charge on any atom is 0.277 e. The van der Waals surface area contributed by atoms with Crippen LogP contribution < -0.4 is 10.3 Å². The lowest BCUT2D eigenvalue weighted by atomic mass is 10.1. The molecule has 0 radical (unpaired) electrons. The van der Waals surface area contributed by atoms with Crippen molar-refractivity contribution in [3.8, 4) is 11.3 Å². The minimum Gasteiger partial charge on any atom is -0.278 e. The fourth-order valence-corrected chi connectivity index (χ4v) is 3.10. The molecule has 2 aromatic rings. The summed E-state index contributed by atoms with van der Waals surface area (Å²) in [5.74, 6) is 1.22. The zero-order valence-electron chi connectivity index (χ0n) is 11.8. The largest absolute Gasteiger partial charge is 0.278 e. The number of anilines is 1. The van der Waals surface area contributed by atoms with Gasteiger partial charge in [0.05, 0.1) is 12.2 Å². The number of hydrogen-bond acceptors (Lipinski definition) is 3. The van der Waals surface area contributed by atoms with Gasteiger partial charge in [0, 0.05) is 17.4 Å². The van der Waals surface area contributed by atoms with Crippen molar-refractivity contribution in [3.63, 3.8) is 0 Å². The Labute approximate surface area is 123 Å². The average Bonchev–Trinajstić information content (AvgIpc) is 2.76. The molecule has 0 fully saturated rings. The van der Waals surface area contributed by atoms with E-state index in [2.05, 4.69) is 51.9 Å². The van der Waals surface area contributed by atoms with Crippen LogP contribution in [-0.4, -0.2) is 17.4 Å². The van der Waals surface area contributed by atoms with Gasteiger partial charge in [0.2, 0.25) is 5.84 Å². The molecule has 2 N–H and O–H groups in total. The third-order valence-corrected chi connectivity index (χ3v) is 4.31. The molecule has 0 amide bonds. The van der Waals surface area contributed by atoms with Crippen LogP contribution in [0.3, 0.4) is 0 Å². The number of aryl methyl sites for hydroxylation is 1. The number of nitrogens with one attached hydrogen (secondary N) is 2. The van der Waals surface area contributed by atoms with Crippen LogP contribution in [-0.2, 0) is 0 Å². The number of aromatic nitrogens is 1. The molecule has 0 aliphatic carbocycles. The van der Waals surface area contributed by atoms with Crippen molar-refractivity contribution in [3.05, 3.63) is 35.2 Å². The van der Waals surface area contributed by atoms with Crippen LogP contribution in [0.25, 0.3) is 11.3 Å². The Morgan fingerprint density at radius 1 is 1.15 bits per heavy atom. The zero-order valence-corrected chi connectivity index (χ0v) is 12.6. The summed E-state index contributed by atoms with van der Waals surface area (Å²) < 4.78 is 0. The summed E-state index contributed by atoms with van der Waals surface area (Å²) >= 11 is 1.67. The van der Waals surface area contributed by atoms with Gasteiger partial charge in [0.15, 0.2) is 0 Å². The van der Waals surface area contributed by atoms with Crippen LogP contribution in [0.15, 0.2) is 29.6 Å². The molecular weight excluding hydrogens is 266 g/mol. The molecule has 0 atom stereocenters. The smallest absolute Gasteiger partial charge is 0.277 e. The molecule has 1 aliphatic heterocycles. The second kappa shape index (κ2) is 6.18. The van der Waals surface area contributed by atoms with E-state index in [1.165, 1.54) is 36.2 Å². The fraction of sp³-hybridized carbons (Fsp3) is 0.375. The molecule has 0 bridgehead atoms. The molecule has 20 heavy (non-hydrogen) atoms. The van der Waals surface area contributed by atoms with Crippen molar-refractivity contribution in [2.45, 2.75) is 32.6 Å². The molecule has 3 rings (SSSR count). The van der Waals surface area contributed by atoms with E-state index in [-0.39, 0.29) is 0 Å². The van der Waals surface area contributed by atoms with Gasteiger partial charge in [-0.3, -0.25) is 4.99 Å². The molecule has 1 aromatic heterocycles. The summed E-state index contributed by atoms with van der Waals surface area (Å²) in [6.07, 6.45) is 4.92. The highest BCUT2D eigenvalue weighted by Gasteiger charge is 2.14. The molecule has 1 aliphatic rings. The van der Waals surface area contributed by atoms with E-state index in [4.69, 9.17) is 0 Å². The van der Waals surface area contributed by atoms with Crippen LogP contribution in [0.5, 0.6) is 0 Å². The minimum absolute atomic E-state index is 0.977. The first-order valence-corrected chi connectivity index (χ1v) is 8.08. The Balaban J connectivity index is 1.73. The van der Waals surface area contributed by atoms with Gasteiger partial charge in [-0.05, 0) is 26.2 Å². The Kier molecular flexibility index (Phi) is 4.11. The molecule has 0 unspecified atom stereocenters. The standard InChI is InChI=1S/C16H19N3S/c1-12-6-8-13(9-7-12)14-11-20-16(18-14)19-15-5-3-2-4-10-17-15/h6-9,11H,2-5,10H2,1H3,(H,17,18,19)/p+1. The number of hydrogen-bond donors (Lipinski definition) is 2. The number of benzene rings is 1. The lowest BCUT2D eigenvalue weighted by Gasteiger charge is -1.98. The van der Waals surface area contributed by atoms with Crippen molar-refractivity contribution >= 4 is 22.3 Å². The molecule has 3 nitrogen and oxygen atoms in total. The fourth-order valence-electron chi connectivity index (χ4n) is 2.36. The highest BCUT2D eigenvalue weighted by atomic mass is 32.1. The van der Waals surface area contributed by atoms with Gasteiger partial charge < -0.3 is 0 Å². The van der Waals surface area contributed by atoms with Gasteiger partial charge in [0.1, 0.15) is 0 Å². The second-order valence-electron chi connectivity index (χ2n) is 5.24. The topological polar surface area (TPSA) is 38.9 Å². The van der Waals surface area contributed by atoms with E-state index in [1.807, 2.05) is 0 Å².